The third-order valence-corrected chi connectivity index (χ3v) is 4.95. The van der Waals surface area contributed by atoms with Crippen molar-refractivity contribution >= 4 is 38.9 Å². The molecule has 0 aliphatic rings. The zero-order chi connectivity index (χ0) is 17.9. The van der Waals surface area contributed by atoms with Crippen LogP contribution in [0.25, 0.3) is 0 Å². The van der Waals surface area contributed by atoms with E-state index in [9.17, 15) is 18.0 Å². The molecule has 1 atom stereocenters. The van der Waals surface area contributed by atoms with E-state index in [1.54, 1.807) is 12.1 Å². The minimum Gasteiger partial charge on any atom is -0.448 e. The van der Waals surface area contributed by atoms with E-state index in [1.807, 2.05) is 6.92 Å². The number of hydrogen-bond acceptors (Lipinski definition) is 6. The van der Waals surface area contributed by atoms with Crippen molar-refractivity contribution < 1.29 is 22.7 Å². The van der Waals surface area contributed by atoms with Crippen molar-refractivity contribution in [3.63, 3.8) is 0 Å². The molecule has 2 aromatic rings. The van der Waals surface area contributed by atoms with Crippen LogP contribution in [0.4, 0.5) is 5.69 Å². The van der Waals surface area contributed by atoms with E-state index in [4.69, 9.17) is 9.88 Å². The van der Waals surface area contributed by atoms with Crippen LogP contribution < -0.4 is 10.5 Å². The highest BCUT2D eigenvalue weighted by molar-refractivity contribution is 7.89. The number of amides is 1. The lowest BCUT2D eigenvalue weighted by atomic mass is 10.3. The SMILES string of the molecule is Cc1ccc(C(=O)O[C@@H](C)C(=O)Nc2ccc(S(N)(=O)=O)cc2)s1. The number of hydrogen-bond donors (Lipinski definition) is 2. The first kappa shape index (κ1) is 18.1. The topological polar surface area (TPSA) is 116 Å². The molecule has 0 saturated carbocycles. The maximum atomic E-state index is 12.0. The van der Waals surface area contributed by atoms with Gasteiger partial charge in [0.15, 0.2) is 6.10 Å². The Morgan fingerprint density at radius 2 is 1.79 bits per heavy atom. The summed E-state index contributed by atoms with van der Waals surface area (Å²) in [5.74, 6) is -1.10. The van der Waals surface area contributed by atoms with Gasteiger partial charge in [0.25, 0.3) is 5.91 Å². The number of primary sulfonamides is 1. The van der Waals surface area contributed by atoms with E-state index in [0.717, 1.165) is 4.88 Å². The Morgan fingerprint density at radius 3 is 2.29 bits per heavy atom. The average molecular weight is 368 g/mol. The summed E-state index contributed by atoms with van der Waals surface area (Å²) in [7, 11) is -3.79. The molecular formula is C15H16N2O5S2. The van der Waals surface area contributed by atoms with Gasteiger partial charge in [-0.15, -0.1) is 11.3 Å². The lowest BCUT2D eigenvalue weighted by Crippen LogP contribution is -2.29. The summed E-state index contributed by atoms with van der Waals surface area (Å²) in [6, 6.07) is 8.77. The molecule has 9 heteroatoms. The van der Waals surface area contributed by atoms with Gasteiger partial charge in [-0.2, -0.15) is 0 Å². The first-order chi connectivity index (χ1) is 11.2. The van der Waals surface area contributed by atoms with E-state index in [-0.39, 0.29) is 4.90 Å². The molecular weight excluding hydrogens is 352 g/mol. The van der Waals surface area contributed by atoms with Gasteiger partial charge in [0.05, 0.1) is 4.90 Å². The molecule has 3 N–H and O–H groups in total. The van der Waals surface area contributed by atoms with Gasteiger partial charge < -0.3 is 10.1 Å². The molecule has 1 heterocycles. The van der Waals surface area contributed by atoms with Crippen LogP contribution in [0, 0.1) is 6.92 Å². The molecule has 0 unspecified atom stereocenters. The number of esters is 1. The molecule has 24 heavy (non-hydrogen) atoms. The molecule has 0 aliphatic carbocycles. The van der Waals surface area contributed by atoms with Gasteiger partial charge in [0.2, 0.25) is 10.0 Å². The van der Waals surface area contributed by atoms with E-state index in [1.165, 1.54) is 42.5 Å². The fourth-order valence-electron chi connectivity index (χ4n) is 1.79. The highest BCUT2D eigenvalue weighted by Gasteiger charge is 2.20. The first-order valence-corrected chi connectivity index (χ1v) is 9.24. The summed E-state index contributed by atoms with van der Waals surface area (Å²) in [5.41, 5.74) is 0.363. The van der Waals surface area contributed by atoms with Crippen molar-refractivity contribution in [2.24, 2.45) is 5.14 Å². The summed E-state index contributed by atoms with van der Waals surface area (Å²) in [6.07, 6.45) is -1.00. The molecule has 1 aromatic carbocycles. The quantitative estimate of drug-likeness (QED) is 0.782. The van der Waals surface area contributed by atoms with Crippen LogP contribution in [0.15, 0.2) is 41.3 Å². The zero-order valence-corrected chi connectivity index (χ0v) is 14.6. The van der Waals surface area contributed by atoms with Gasteiger partial charge in [-0.3, -0.25) is 4.79 Å². The van der Waals surface area contributed by atoms with Gasteiger partial charge in [-0.1, -0.05) is 0 Å². The second kappa shape index (κ2) is 7.12. The van der Waals surface area contributed by atoms with Crippen molar-refractivity contribution in [3.8, 4) is 0 Å². The predicted octanol–water partition coefficient (Wildman–Crippen LogP) is 1.89. The number of anilines is 1. The molecule has 0 saturated heterocycles. The molecule has 128 valence electrons. The fourth-order valence-corrected chi connectivity index (χ4v) is 3.05. The number of benzene rings is 1. The molecule has 0 bridgehead atoms. The van der Waals surface area contributed by atoms with Crippen LogP contribution in [0.5, 0.6) is 0 Å². The molecule has 0 radical (unpaired) electrons. The van der Waals surface area contributed by atoms with Crippen molar-refractivity contribution in [1.29, 1.82) is 0 Å². The third kappa shape index (κ3) is 4.63. The fraction of sp³-hybridized carbons (Fsp3) is 0.200. The summed E-state index contributed by atoms with van der Waals surface area (Å²) < 4.78 is 27.4. The molecule has 1 amide bonds. The van der Waals surface area contributed by atoms with Gasteiger partial charge in [0.1, 0.15) is 4.88 Å². The normalized spacial score (nSPS) is 12.5. The number of rotatable bonds is 5. The van der Waals surface area contributed by atoms with Crippen LogP contribution in [0.3, 0.4) is 0 Å². The highest BCUT2D eigenvalue weighted by atomic mass is 32.2. The van der Waals surface area contributed by atoms with Crippen LogP contribution >= 0.6 is 11.3 Å². The van der Waals surface area contributed by atoms with E-state index in [2.05, 4.69) is 5.32 Å². The number of carbonyl (C=O) groups is 2. The number of aryl methyl sites for hydroxylation is 1. The number of nitrogens with one attached hydrogen (secondary N) is 1. The van der Waals surface area contributed by atoms with Gasteiger partial charge >= 0.3 is 5.97 Å². The van der Waals surface area contributed by atoms with Crippen molar-refractivity contribution in [2.45, 2.75) is 24.8 Å². The highest BCUT2D eigenvalue weighted by Crippen LogP contribution is 2.17. The number of sulfonamides is 1. The van der Waals surface area contributed by atoms with Crippen LogP contribution in [-0.4, -0.2) is 26.4 Å². The Hall–Kier alpha value is -2.23. The van der Waals surface area contributed by atoms with Crippen molar-refractivity contribution in [3.05, 3.63) is 46.2 Å². The van der Waals surface area contributed by atoms with Crippen LogP contribution in [0.1, 0.15) is 21.5 Å². The Kier molecular flexibility index (Phi) is 5.37. The van der Waals surface area contributed by atoms with Gasteiger partial charge in [-0.05, 0) is 50.2 Å². The maximum Gasteiger partial charge on any atom is 0.349 e. The summed E-state index contributed by atoms with van der Waals surface area (Å²) in [4.78, 5) is 25.3. The van der Waals surface area contributed by atoms with Crippen molar-refractivity contribution in [1.82, 2.24) is 0 Å². The Labute approximate surface area is 143 Å². The molecule has 0 fully saturated rings. The average Bonchev–Trinajstić information content (AvgIpc) is 2.93. The van der Waals surface area contributed by atoms with E-state index >= 15 is 0 Å². The number of carbonyl (C=O) groups excluding carboxylic acids is 2. The summed E-state index contributed by atoms with van der Waals surface area (Å²) in [5, 5.41) is 7.53. The maximum absolute atomic E-state index is 12.0. The van der Waals surface area contributed by atoms with Crippen LogP contribution in [0.2, 0.25) is 0 Å². The standard InChI is InChI=1S/C15H16N2O5S2/c1-9-3-8-13(23-9)15(19)22-10(2)14(18)17-11-4-6-12(7-5-11)24(16,20)21/h3-8,10H,1-2H3,(H,17,18)(H2,16,20,21)/t10-/m0/s1. The van der Waals surface area contributed by atoms with E-state index < -0.39 is 28.0 Å². The number of ether oxygens (including phenoxy) is 1. The second-order valence-corrected chi connectivity index (χ2v) is 7.87. The molecule has 7 nitrogen and oxygen atoms in total. The molecule has 0 aliphatic heterocycles. The Morgan fingerprint density at radius 1 is 1.17 bits per heavy atom. The summed E-state index contributed by atoms with van der Waals surface area (Å²) in [6.45, 7) is 3.31. The second-order valence-electron chi connectivity index (χ2n) is 5.02. The van der Waals surface area contributed by atoms with Gasteiger partial charge in [0, 0.05) is 10.6 Å². The number of thiophene rings is 1. The first-order valence-electron chi connectivity index (χ1n) is 6.88. The molecule has 2 rings (SSSR count). The minimum atomic E-state index is -3.79. The van der Waals surface area contributed by atoms with Gasteiger partial charge in [-0.25, -0.2) is 18.4 Å². The predicted molar refractivity (Wildman–Crippen MR) is 90.4 cm³/mol. The molecule has 0 spiro atoms. The molecule has 1 aromatic heterocycles. The monoisotopic (exact) mass is 368 g/mol. The lowest BCUT2D eigenvalue weighted by molar-refractivity contribution is -0.123. The number of nitrogens with two attached hydrogens (primary N) is 1. The van der Waals surface area contributed by atoms with Crippen molar-refractivity contribution in [2.75, 3.05) is 5.32 Å². The third-order valence-electron chi connectivity index (χ3n) is 3.04. The Balaban J connectivity index is 1.97. The smallest absolute Gasteiger partial charge is 0.349 e. The zero-order valence-electron chi connectivity index (χ0n) is 13.0. The Bertz CT molecular complexity index is 856. The van der Waals surface area contributed by atoms with E-state index in [0.29, 0.717) is 10.6 Å². The lowest BCUT2D eigenvalue weighted by Gasteiger charge is -2.13. The summed E-state index contributed by atoms with van der Waals surface area (Å²) >= 11 is 1.28. The minimum absolute atomic E-state index is 0.0620. The largest absolute Gasteiger partial charge is 0.448 e. The van der Waals surface area contributed by atoms with Crippen LogP contribution in [-0.2, 0) is 19.6 Å².